The van der Waals surface area contributed by atoms with E-state index in [-0.39, 0.29) is 0 Å². The number of nitrogens with zero attached hydrogens (tertiary/aromatic N) is 2. The molecule has 0 radical (unpaired) electrons. The van der Waals surface area contributed by atoms with Crippen molar-refractivity contribution in [3.05, 3.63) is 0 Å². The van der Waals surface area contributed by atoms with E-state index in [0.717, 1.165) is 12.4 Å². The van der Waals surface area contributed by atoms with Gasteiger partial charge >= 0.3 is 0 Å². The summed E-state index contributed by atoms with van der Waals surface area (Å²) in [6.45, 7) is 4.36. The van der Waals surface area contributed by atoms with E-state index in [2.05, 4.69) is 31.2 Å². The highest BCUT2D eigenvalue weighted by Gasteiger charge is 2.16. The first-order chi connectivity index (χ1) is 7.69. The quantitative estimate of drug-likeness (QED) is 0.334. The van der Waals surface area contributed by atoms with Crippen molar-refractivity contribution in [1.82, 2.24) is 10.3 Å². The van der Waals surface area contributed by atoms with E-state index in [1.54, 1.807) is 0 Å². The molecule has 94 valence electrons. The van der Waals surface area contributed by atoms with Crippen molar-refractivity contribution in [2.75, 3.05) is 7.05 Å². The molecule has 0 aromatic heterocycles. The number of aliphatic imine (C=N–C) groups is 1. The smallest absolute Gasteiger partial charge is 0.208 e. The van der Waals surface area contributed by atoms with Crippen LogP contribution in [-0.2, 0) is 0 Å². The average molecular weight is 226 g/mol. The number of hydrogen-bond acceptors (Lipinski definition) is 2. The summed E-state index contributed by atoms with van der Waals surface area (Å²) in [5, 5.41) is 0. The lowest BCUT2D eigenvalue weighted by Crippen LogP contribution is -2.47. The monoisotopic (exact) mass is 226 g/mol. The Hall–Kier alpha value is -0.770. The van der Waals surface area contributed by atoms with Gasteiger partial charge in [0.2, 0.25) is 5.96 Å². The lowest BCUT2D eigenvalue weighted by molar-refractivity contribution is 0.359. The molecule has 1 saturated carbocycles. The first-order valence-corrected chi connectivity index (χ1v) is 6.46. The third-order valence-electron chi connectivity index (χ3n) is 3.59. The Balaban J connectivity index is 2.60. The molecule has 4 heteroatoms. The first-order valence-electron chi connectivity index (χ1n) is 6.46. The van der Waals surface area contributed by atoms with Crippen LogP contribution < -0.4 is 11.3 Å². The molecule has 1 rings (SSSR count). The lowest BCUT2D eigenvalue weighted by atomic mass is 9.96. The Labute approximate surface area is 99.3 Å². The van der Waals surface area contributed by atoms with Gasteiger partial charge in [0.1, 0.15) is 0 Å². The second kappa shape index (κ2) is 6.74. The highest BCUT2D eigenvalue weighted by Crippen LogP contribution is 2.20. The van der Waals surface area contributed by atoms with Gasteiger partial charge in [-0.1, -0.05) is 26.2 Å². The summed E-state index contributed by atoms with van der Waals surface area (Å²) in [6, 6.07) is 0.935. The van der Waals surface area contributed by atoms with Crippen molar-refractivity contribution < 1.29 is 0 Å². The van der Waals surface area contributed by atoms with Crippen LogP contribution in [0.4, 0.5) is 0 Å². The molecule has 3 N–H and O–H groups in total. The minimum atomic E-state index is 0.464. The molecule has 16 heavy (non-hydrogen) atoms. The minimum Gasteiger partial charge on any atom is -0.342 e. The van der Waals surface area contributed by atoms with Crippen LogP contribution in [0.5, 0.6) is 0 Å². The predicted molar refractivity (Wildman–Crippen MR) is 69.1 cm³/mol. The number of hydrazine groups is 1. The maximum Gasteiger partial charge on any atom is 0.208 e. The molecule has 0 aromatic rings. The molecule has 0 aromatic carbocycles. The van der Waals surface area contributed by atoms with Crippen LogP contribution in [0.1, 0.15) is 52.4 Å². The van der Waals surface area contributed by atoms with Gasteiger partial charge in [-0.2, -0.15) is 0 Å². The summed E-state index contributed by atoms with van der Waals surface area (Å²) in [7, 11) is 2.05. The molecule has 0 spiro atoms. The van der Waals surface area contributed by atoms with Gasteiger partial charge in [-0.3, -0.25) is 5.43 Å². The van der Waals surface area contributed by atoms with Crippen LogP contribution in [0.3, 0.4) is 0 Å². The molecule has 1 aliphatic rings. The number of nitrogens with one attached hydrogen (secondary N) is 1. The van der Waals surface area contributed by atoms with Crippen molar-refractivity contribution in [1.29, 1.82) is 0 Å². The van der Waals surface area contributed by atoms with E-state index in [0.29, 0.717) is 12.1 Å². The molecule has 0 aliphatic heterocycles. The molecule has 0 bridgehead atoms. The van der Waals surface area contributed by atoms with Crippen molar-refractivity contribution in [3.63, 3.8) is 0 Å². The standard InChI is InChI=1S/C12H26N4/c1-4-10(2)16(3)12(15-13)14-11-8-6-5-7-9-11/h10-11H,4-9,13H2,1-3H3,(H,14,15). The van der Waals surface area contributed by atoms with Crippen LogP contribution >= 0.6 is 0 Å². The maximum absolute atomic E-state index is 5.56. The third kappa shape index (κ3) is 3.67. The second-order valence-electron chi connectivity index (χ2n) is 4.76. The Morgan fingerprint density at radius 1 is 1.44 bits per heavy atom. The highest BCUT2D eigenvalue weighted by atomic mass is 15.4. The first kappa shape index (κ1) is 13.3. The van der Waals surface area contributed by atoms with E-state index < -0.39 is 0 Å². The molecular weight excluding hydrogens is 200 g/mol. The molecule has 1 aliphatic carbocycles. The molecule has 1 fully saturated rings. The molecule has 0 amide bonds. The second-order valence-corrected chi connectivity index (χ2v) is 4.76. The predicted octanol–water partition coefficient (Wildman–Crippen LogP) is 1.87. The van der Waals surface area contributed by atoms with Crippen molar-refractivity contribution in [2.45, 2.75) is 64.5 Å². The van der Waals surface area contributed by atoms with Gasteiger partial charge in [0.15, 0.2) is 0 Å². The Bertz CT molecular complexity index is 221. The topological polar surface area (TPSA) is 53.6 Å². The van der Waals surface area contributed by atoms with Gasteiger partial charge in [-0.05, 0) is 26.2 Å². The molecule has 4 nitrogen and oxygen atoms in total. The fraction of sp³-hybridized carbons (Fsp3) is 0.917. The summed E-state index contributed by atoms with van der Waals surface area (Å²) in [6.07, 6.45) is 7.48. The van der Waals surface area contributed by atoms with Crippen LogP contribution in [0.2, 0.25) is 0 Å². The van der Waals surface area contributed by atoms with Gasteiger partial charge in [0.05, 0.1) is 6.04 Å². The van der Waals surface area contributed by atoms with Crippen molar-refractivity contribution >= 4 is 5.96 Å². The summed E-state index contributed by atoms with van der Waals surface area (Å²) in [5.74, 6) is 6.40. The van der Waals surface area contributed by atoms with Gasteiger partial charge in [0, 0.05) is 13.1 Å². The van der Waals surface area contributed by atoms with Crippen molar-refractivity contribution in [3.8, 4) is 0 Å². The zero-order valence-electron chi connectivity index (χ0n) is 10.9. The molecule has 0 saturated heterocycles. The van der Waals surface area contributed by atoms with E-state index >= 15 is 0 Å². The van der Waals surface area contributed by atoms with E-state index in [4.69, 9.17) is 10.8 Å². The summed E-state index contributed by atoms with van der Waals surface area (Å²) >= 11 is 0. The van der Waals surface area contributed by atoms with Gasteiger partial charge in [-0.15, -0.1) is 0 Å². The minimum absolute atomic E-state index is 0.464. The number of nitrogens with two attached hydrogens (primary N) is 1. The van der Waals surface area contributed by atoms with Crippen LogP contribution in [-0.4, -0.2) is 30.0 Å². The zero-order chi connectivity index (χ0) is 12.0. The fourth-order valence-electron chi connectivity index (χ4n) is 2.10. The maximum atomic E-state index is 5.56. The largest absolute Gasteiger partial charge is 0.342 e. The highest BCUT2D eigenvalue weighted by molar-refractivity contribution is 5.79. The average Bonchev–Trinajstić information content (AvgIpc) is 2.35. The SMILES string of the molecule is CCC(C)N(C)C(=NC1CCCCC1)NN. The molecule has 1 atom stereocenters. The Kier molecular flexibility index (Phi) is 5.60. The van der Waals surface area contributed by atoms with Gasteiger partial charge in [-0.25, -0.2) is 10.8 Å². The van der Waals surface area contributed by atoms with Crippen molar-refractivity contribution in [2.24, 2.45) is 10.8 Å². The third-order valence-corrected chi connectivity index (χ3v) is 3.59. The summed E-state index contributed by atoms with van der Waals surface area (Å²) in [5.41, 5.74) is 2.74. The molecule has 0 heterocycles. The van der Waals surface area contributed by atoms with E-state index in [1.165, 1.54) is 32.1 Å². The normalized spacial score (nSPS) is 20.6. The lowest BCUT2D eigenvalue weighted by Gasteiger charge is -2.28. The van der Waals surface area contributed by atoms with E-state index in [9.17, 15) is 0 Å². The Morgan fingerprint density at radius 2 is 2.06 bits per heavy atom. The molecule has 1 unspecified atom stereocenters. The number of hydrogen-bond donors (Lipinski definition) is 2. The van der Waals surface area contributed by atoms with Gasteiger partial charge < -0.3 is 4.90 Å². The van der Waals surface area contributed by atoms with Crippen LogP contribution in [0, 0.1) is 0 Å². The Morgan fingerprint density at radius 3 is 2.56 bits per heavy atom. The number of rotatable bonds is 3. The zero-order valence-corrected chi connectivity index (χ0v) is 10.9. The number of guanidine groups is 1. The van der Waals surface area contributed by atoms with Crippen LogP contribution in [0.15, 0.2) is 4.99 Å². The molecular formula is C12H26N4. The summed E-state index contributed by atoms with van der Waals surface area (Å²) < 4.78 is 0. The van der Waals surface area contributed by atoms with Gasteiger partial charge in [0.25, 0.3) is 0 Å². The summed E-state index contributed by atoms with van der Waals surface area (Å²) in [4.78, 5) is 6.86. The van der Waals surface area contributed by atoms with Crippen LogP contribution in [0.25, 0.3) is 0 Å². The fourth-order valence-corrected chi connectivity index (χ4v) is 2.10. The van der Waals surface area contributed by atoms with E-state index in [1.807, 2.05) is 0 Å².